The average Bonchev–Trinajstić information content (AvgIpc) is 2.37. The third-order valence-electron chi connectivity index (χ3n) is 2.23. The van der Waals surface area contributed by atoms with E-state index in [0.717, 1.165) is 24.5 Å². The minimum atomic E-state index is 0.284. The molecule has 0 aromatic heterocycles. The predicted octanol–water partition coefficient (Wildman–Crippen LogP) is 2.98. The molecule has 2 nitrogen and oxygen atoms in total. The van der Waals surface area contributed by atoms with E-state index < -0.39 is 0 Å². The normalized spacial score (nSPS) is 9.71. The highest BCUT2D eigenvalue weighted by Gasteiger charge is 2.05. The van der Waals surface area contributed by atoms with E-state index in [4.69, 9.17) is 34.4 Å². The summed E-state index contributed by atoms with van der Waals surface area (Å²) >= 11 is 11.5. The molecule has 0 unspecified atom stereocenters. The smallest absolute Gasteiger partial charge is 0.148 e. The Hall–Kier alpha value is -1.04. The molecule has 0 aliphatic heterocycles. The van der Waals surface area contributed by atoms with Gasteiger partial charge in [-0.15, -0.1) is 29.6 Å². The minimum Gasteiger partial charge on any atom is -0.481 e. The first-order valence-electron chi connectivity index (χ1n) is 5.35. The largest absolute Gasteiger partial charge is 0.481 e. The standard InChI is InChI=1S/C13H15Cl2NO/c1-2-11-17-13-5-3-12(4-6-13)16(9-7-14)10-8-15/h1,3-6H,7-11H2. The van der Waals surface area contributed by atoms with Gasteiger partial charge in [0.2, 0.25) is 0 Å². The number of halogens is 2. The Morgan fingerprint density at radius 1 is 1.12 bits per heavy atom. The Labute approximate surface area is 112 Å². The number of terminal acetylenes is 1. The summed E-state index contributed by atoms with van der Waals surface area (Å²) in [7, 11) is 0. The first-order valence-corrected chi connectivity index (χ1v) is 6.42. The lowest BCUT2D eigenvalue weighted by atomic mass is 10.2. The van der Waals surface area contributed by atoms with Crippen LogP contribution in [0, 0.1) is 12.3 Å². The summed E-state index contributed by atoms with van der Waals surface area (Å²) in [4.78, 5) is 2.13. The molecule has 0 amide bonds. The van der Waals surface area contributed by atoms with Crippen molar-refractivity contribution in [1.82, 2.24) is 0 Å². The van der Waals surface area contributed by atoms with E-state index in [0.29, 0.717) is 11.8 Å². The summed E-state index contributed by atoms with van der Waals surface area (Å²) in [6.07, 6.45) is 5.12. The Morgan fingerprint density at radius 2 is 1.71 bits per heavy atom. The fourth-order valence-corrected chi connectivity index (χ4v) is 1.86. The topological polar surface area (TPSA) is 12.5 Å². The quantitative estimate of drug-likeness (QED) is 0.559. The van der Waals surface area contributed by atoms with Crippen molar-refractivity contribution < 1.29 is 4.74 Å². The van der Waals surface area contributed by atoms with Crippen LogP contribution in [0.3, 0.4) is 0 Å². The Morgan fingerprint density at radius 3 is 2.18 bits per heavy atom. The lowest BCUT2D eigenvalue weighted by molar-refractivity contribution is 0.370. The molecule has 0 spiro atoms. The number of hydrogen-bond donors (Lipinski definition) is 0. The van der Waals surface area contributed by atoms with E-state index in [1.807, 2.05) is 24.3 Å². The van der Waals surface area contributed by atoms with Crippen molar-refractivity contribution in [2.75, 3.05) is 36.4 Å². The van der Waals surface area contributed by atoms with E-state index in [9.17, 15) is 0 Å². The number of benzene rings is 1. The number of anilines is 1. The summed E-state index contributed by atoms with van der Waals surface area (Å²) in [6, 6.07) is 7.74. The van der Waals surface area contributed by atoms with E-state index >= 15 is 0 Å². The van der Waals surface area contributed by atoms with Crippen molar-refractivity contribution in [2.45, 2.75) is 0 Å². The molecule has 17 heavy (non-hydrogen) atoms. The van der Waals surface area contributed by atoms with E-state index in [2.05, 4.69) is 10.8 Å². The van der Waals surface area contributed by atoms with Gasteiger partial charge in [0.05, 0.1) is 0 Å². The highest BCUT2D eigenvalue weighted by molar-refractivity contribution is 6.18. The lowest BCUT2D eigenvalue weighted by Gasteiger charge is -2.22. The minimum absolute atomic E-state index is 0.284. The van der Waals surface area contributed by atoms with Crippen LogP contribution in [-0.2, 0) is 0 Å². The number of alkyl halides is 2. The summed E-state index contributed by atoms with van der Waals surface area (Å²) in [5.74, 6) is 4.34. The number of hydrogen-bond acceptors (Lipinski definition) is 2. The molecule has 92 valence electrons. The molecule has 0 aliphatic carbocycles. The second-order valence-corrected chi connectivity index (χ2v) is 4.11. The third-order valence-corrected chi connectivity index (χ3v) is 2.57. The second-order valence-electron chi connectivity index (χ2n) is 3.35. The molecule has 1 aromatic carbocycles. The summed E-state index contributed by atoms with van der Waals surface area (Å²) in [5, 5.41) is 0. The van der Waals surface area contributed by atoms with Crippen molar-refractivity contribution in [3.05, 3.63) is 24.3 Å². The van der Waals surface area contributed by atoms with Crippen molar-refractivity contribution in [1.29, 1.82) is 0 Å². The first kappa shape index (κ1) is 14.0. The van der Waals surface area contributed by atoms with Gasteiger partial charge in [-0.3, -0.25) is 0 Å². The van der Waals surface area contributed by atoms with Crippen LogP contribution in [0.4, 0.5) is 5.69 Å². The van der Waals surface area contributed by atoms with Crippen LogP contribution in [0.25, 0.3) is 0 Å². The van der Waals surface area contributed by atoms with Gasteiger partial charge in [0.15, 0.2) is 0 Å². The molecule has 0 radical (unpaired) electrons. The third kappa shape index (κ3) is 4.77. The molecule has 0 heterocycles. The van der Waals surface area contributed by atoms with Crippen LogP contribution in [0.15, 0.2) is 24.3 Å². The van der Waals surface area contributed by atoms with Crippen molar-refractivity contribution in [2.24, 2.45) is 0 Å². The van der Waals surface area contributed by atoms with E-state index in [1.54, 1.807) is 0 Å². The maximum atomic E-state index is 5.75. The van der Waals surface area contributed by atoms with Crippen molar-refractivity contribution in [3.63, 3.8) is 0 Å². The molecule has 0 bridgehead atoms. The molecule has 0 aliphatic rings. The Balaban J connectivity index is 2.66. The molecule has 0 atom stereocenters. The molecule has 0 N–H and O–H groups in total. The number of ether oxygens (including phenoxy) is 1. The van der Waals surface area contributed by atoms with Crippen LogP contribution in [0.1, 0.15) is 0 Å². The molecule has 0 fully saturated rings. The Bertz CT molecular complexity index is 353. The number of nitrogens with zero attached hydrogens (tertiary/aromatic N) is 1. The van der Waals surface area contributed by atoms with Crippen LogP contribution < -0.4 is 9.64 Å². The van der Waals surface area contributed by atoms with E-state index in [-0.39, 0.29) is 6.61 Å². The van der Waals surface area contributed by atoms with Crippen molar-refractivity contribution >= 4 is 28.9 Å². The van der Waals surface area contributed by atoms with Crippen LogP contribution in [0.5, 0.6) is 5.75 Å². The van der Waals surface area contributed by atoms with Gasteiger partial charge in [0.25, 0.3) is 0 Å². The molecule has 1 rings (SSSR count). The monoisotopic (exact) mass is 271 g/mol. The molecular formula is C13H15Cl2NO. The zero-order valence-electron chi connectivity index (χ0n) is 9.53. The van der Waals surface area contributed by atoms with Gasteiger partial charge < -0.3 is 9.64 Å². The zero-order valence-corrected chi connectivity index (χ0v) is 11.0. The molecular weight excluding hydrogens is 257 g/mol. The van der Waals surface area contributed by atoms with Gasteiger partial charge in [0, 0.05) is 30.5 Å². The summed E-state index contributed by atoms with van der Waals surface area (Å²) < 4.78 is 5.30. The summed E-state index contributed by atoms with van der Waals surface area (Å²) in [6.45, 7) is 1.84. The van der Waals surface area contributed by atoms with E-state index in [1.165, 1.54) is 0 Å². The SMILES string of the molecule is C#CCOc1ccc(N(CCCl)CCCl)cc1. The van der Waals surface area contributed by atoms with Gasteiger partial charge >= 0.3 is 0 Å². The fraction of sp³-hybridized carbons (Fsp3) is 0.385. The first-order chi connectivity index (χ1) is 8.31. The van der Waals surface area contributed by atoms with Crippen LogP contribution in [-0.4, -0.2) is 31.5 Å². The number of rotatable bonds is 7. The highest BCUT2D eigenvalue weighted by Crippen LogP contribution is 2.19. The highest BCUT2D eigenvalue weighted by atomic mass is 35.5. The second kappa shape index (κ2) is 8.11. The molecule has 0 saturated heterocycles. The summed E-state index contributed by atoms with van der Waals surface area (Å²) in [5.41, 5.74) is 1.08. The van der Waals surface area contributed by atoms with Crippen molar-refractivity contribution in [3.8, 4) is 18.1 Å². The van der Waals surface area contributed by atoms with Gasteiger partial charge in [-0.2, -0.15) is 0 Å². The molecule has 1 aromatic rings. The van der Waals surface area contributed by atoms with Gasteiger partial charge in [-0.25, -0.2) is 0 Å². The predicted molar refractivity (Wildman–Crippen MR) is 74.4 cm³/mol. The Kier molecular flexibility index (Phi) is 6.69. The maximum absolute atomic E-state index is 5.75. The van der Waals surface area contributed by atoms with Crippen LogP contribution >= 0.6 is 23.2 Å². The van der Waals surface area contributed by atoms with Gasteiger partial charge in [-0.1, -0.05) is 5.92 Å². The molecule has 0 saturated carbocycles. The van der Waals surface area contributed by atoms with Crippen LogP contribution in [0.2, 0.25) is 0 Å². The van der Waals surface area contributed by atoms with Gasteiger partial charge in [-0.05, 0) is 24.3 Å². The maximum Gasteiger partial charge on any atom is 0.148 e. The lowest BCUT2D eigenvalue weighted by Crippen LogP contribution is -2.27. The zero-order chi connectivity index (χ0) is 12.5. The fourth-order valence-electron chi connectivity index (χ4n) is 1.45. The van der Waals surface area contributed by atoms with Gasteiger partial charge in [0.1, 0.15) is 12.4 Å². The average molecular weight is 272 g/mol. The molecule has 4 heteroatoms.